The summed E-state index contributed by atoms with van der Waals surface area (Å²) in [5.41, 5.74) is 0.975. The standard InChI is InChI=1S/C16H18N2O4/c1-21-15-6-3-7-16(11-15)22-9-8-17-12-13-4-2-5-14(10-13)18(19)20/h2-7,10-11,17H,8-9,12H2,1H3. The third-order valence-corrected chi connectivity index (χ3v) is 3.04. The van der Waals surface area contributed by atoms with Gasteiger partial charge in [0.1, 0.15) is 18.1 Å². The van der Waals surface area contributed by atoms with Crippen LogP contribution in [-0.2, 0) is 6.54 Å². The fourth-order valence-corrected chi connectivity index (χ4v) is 1.94. The first kappa shape index (κ1) is 15.8. The smallest absolute Gasteiger partial charge is 0.269 e. The maximum absolute atomic E-state index is 10.7. The van der Waals surface area contributed by atoms with Gasteiger partial charge in [0, 0.05) is 31.3 Å². The first-order chi connectivity index (χ1) is 10.7. The van der Waals surface area contributed by atoms with Gasteiger partial charge in [-0.05, 0) is 17.7 Å². The molecule has 0 atom stereocenters. The van der Waals surface area contributed by atoms with Crippen LogP contribution in [0.1, 0.15) is 5.56 Å². The van der Waals surface area contributed by atoms with Crippen LogP contribution in [0.2, 0.25) is 0 Å². The topological polar surface area (TPSA) is 73.6 Å². The predicted octanol–water partition coefficient (Wildman–Crippen LogP) is 2.77. The molecule has 0 saturated carbocycles. The highest BCUT2D eigenvalue weighted by Gasteiger charge is 2.05. The first-order valence-corrected chi connectivity index (χ1v) is 6.90. The number of nitro groups is 1. The Labute approximate surface area is 128 Å². The van der Waals surface area contributed by atoms with Crippen LogP contribution in [0, 0.1) is 10.1 Å². The van der Waals surface area contributed by atoms with E-state index in [9.17, 15) is 10.1 Å². The zero-order valence-electron chi connectivity index (χ0n) is 12.3. The van der Waals surface area contributed by atoms with Crippen molar-refractivity contribution in [1.29, 1.82) is 0 Å². The number of rotatable bonds is 8. The van der Waals surface area contributed by atoms with E-state index < -0.39 is 4.92 Å². The van der Waals surface area contributed by atoms with Crippen LogP contribution in [0.5, 0.6) is 11.5 Å². The van der Waals surface area contributed by atoms with Crippen molar-refractivity contribution in [2.45, 2.75) is 6.54 Å². The third-order valence-electron chi connectivity index (χ3n) is 3.04. The van der Waals surface area contributed by atoms with Crippen molar-refractivity contribution in [3.05, 3.63) is 64.2 Å². The van der Waals surface area contributed by atoms with Gasteiger partial charge in [-0.15, -0.1) is 0 Å². The lowest BCUT2D eigenvalue weighted by Gasteiger charge is -2.08. The van der Waals surface area contributed by atoms with E-state index in [1.165, 1.54) is 6.07 Å². The van der Waals surface area contributed by atoms with Gasteiger partial charge in [0.25, 0.3) is 5.69 Å². The second-order valence-electron chi connectivity index (χ2n) is 4.63. The maximum Gasteiger partial charge on any atom is 0.269 e. The van der Waals surface area contributed by atoms with Gasteiger partial charge in [0.05, 0.1) is 12.0 Å². The zero-order chi connectivity index (χ0) is 15.8. The minimum absolute atomic E-state index is 0.104. The lowest BCUT2D eigenvalue weighted by molar-refractivity contribution is -0.384. The first-order valence-electron chi connectivity index (χ1n) is 6.90. The van der Waals surface area contributed by atoms with Gasteiger partial charge in [0.2, 0.25) is 0 Å². The van der Waals surface area contributed by atoms with Crippen molar-refractivity contribution in [2.75, 3.05) is 20.3 Å². The van der Waals surface area contributed by atoms with Crippen LogP contribution in [0.15, 0.2) is 48.5 Å². The van der Waals surface area contributed by atoms with Gasteiger partial charge in [-0.1, -0.05) is 18.2 Å². The summed E-state index contributed by atoms with van der Waals surface area (Å²) in [6.45, 7) is 1.70. The molecule has 0 aliphatic carbocycles. The van der Waals surface area contributed by atoms with E-state index in [2.05, 4.69) is 5.32 Å². The fourth-order valence-electron chi connectivity index (χ4n) is 1.94. The van der Waals surface area contributed by atoms with Crippen molar-refractivity contribution in [3.63, 3.8) is 0 Å². The van der Waals surface area contributed by atoms with Crippen LogP contribution < -0.4 is 14.8 Å². The molecule has 0 unspecified atom stereocenters. The maximum atomic E-state index is 10.7. The number of nitrogens with one attached hydrogen (secondary N) is 1. The number of benzene rings is 2. The molecule has 6 heteroatoms. The van der Waals surface area contributed by atoms with Gasteiger partial charge in [-0.2, -0.15) is 0 Å². The molecule has 2 rings (SSSR count). The van der Waals surface area contributed by atoms with Crippen LogP contribution in [0.25, 0.3) is 0 Å². The number of hydrogen-bond acceptors (Lipinski definition) is 5. The Balaban J connectivity index is 1.73. The van der Waals surface area contributed by atoms with Gasteiger partial charge in [-0.25, -0.2) is 0 Å². The Hall–Kier alpha value is -2.60. The van der Waals surface area contributed by atoms with E-state index in [0.29, 0.717) is 19.7 Å². The molecule has 0 aliphatic rings. The van der Waals surface area contributed by atoms with E-state index in [-0.39, 0.29) is 5.69 Å². The normalized spacial score (nSPS) is 10.2. The summed E-state index contributed by atoms with van der Waals surface area (Å²) < 4.78 is 10.7. The molecule has 6 nitrogen and oxygen atoms in total. The second-order valence-corrected chi connectivity index (χ2v) is 4.63. The highest BCUT2D eigenvalue weighted by molar-refractivity contribution is 5.34. The quantitative estimate of drug-likeness (QED) is 0.461. The SMILES string of the molecule is COc1cccc(OCCNCc2cccc([N+](=O)[O-])c2)c1. The highest BCUT2D eigenvalue weighted by Crippen LogP contribution is 2.18. The molecular weight excluding hydrogens is 284 g/mol. The molecular formula is C16H18N2O4. The van der Waals surface area contributed by atoms with Crippen molar-refractivity contribution in [3.8, 4) is 11.5 Å². The summed E-state index contributed by atoms with van der Waals surface area (Å²) in [7, 11) is 1.61. The van der Waals surface area contributed by atoms with Crippen LogP contribution in [-0.4, -0.2) is 25.2 Å². The summed E-state index contributed by atoms with van der Waals surface area (Å²) >= 11 is 0. The molecule has 116 valence electrons. The number of nitrogens with zero attached hydrogens (tertiary/aromatic N) is 1. The molecule has 0 bridgehead atoms. The van der Waals surface area contributed by atoms with Crippen LogP contribution in [0.3, 0.4) is 0 Å². The Kier molecular flexibility index (Phi) is 5.73. The molecule has 1 N–H and O–H groups in total. The minimum atomic E-state index is -0.393. The fraction of sp³-hybridized carbons (Fsp3) is 0.250. The van der Waals surface area contributed by atoms with E-state index in [1.807, 2.05) is 30.3 Å². The predicted molar refractivity (Wildman–Crippen MR) is 83.3 cm³/mol. The largest absolute Gasteiger partial charge is 0.497 e. The Bertz CT molecular complexity index is 631. The summed E-state index contributed by atoms with van der Waals surface area (Å²) in [6.07, 6.45) is 0. The van der Waals surface area contributed by atoms with Gasteiger partial charge in [0.15, 0.2) is 0 Å². The molecule has 2 aromatic rings. The molecule has 0 aliphatic heterocycles. The lowest BCUT2D eigenvalue weighted by atomic mass is 10.2. The lowest BCUT2D eigenvalue weighted by Crippen LogP contribution is -2.20. The van der Waals surface area contributed by atoms with Gasteiger partial charge >= 0.3 is 0 Å². The monoisotopic (exact) mass is 302 g/mol. The van der Waals surface area contributed by atoms with Crippen molar-refractivity contribution >= 4 is 5.69 Å². The molecule has 0 amide bonds. The molecule has 22 heavy (non-hydrogen) atoms. The number of methoxy groups -OCH3 is 1. The van der Waals surface area contributed by atoms with E-state index >= 15 is 0 Å². The minimum Gasteiger partial charge on any atom is -0.497 e. The average Bonchev–Trinajstić information content (AvgIpc) is 2.55. The van der Waals surface area contributed by atoms with Crippen molar-refractivity contribution in [1.82, 2.24) is 5.32 Å². The molecule has 0 heterocycles. The zero-order valence-corrected chi connectivity index (χ0v) is 12.3. The number of hydrogen-bond donors (Lipinski definition) is 1. The van der Waals surface area contributed by atoms with E-state index in [0.717, 1.165) is 17.1 Å². The highest BCUT2D eigenvalue weighted by atomic mass is 16.6. The second kappa shape index (κ2) is 7.99. The van der Waals surface area contributed by atoms with Gasteiger partial charge in [-0.3, -0.25) is 10.1 Å². The van der Waals surface area contributed by atoms with Crippen molar-refractivity contribution < 1.29 is 14.4 Å². The number of non-ortho nitro benzene ring substituents is 1. The molecule has 0 saturated heterocycles. The van der Waals surface area contributed by atoms with Crippen molar-refractivity contribution in [2.24, 2.45) is 0 Å². The van der Waals surface area contributed by atoms with Crippen LogP contribution >= 0.6 is 0 Å². The Morgan fingerprint density at radius 1 is 1.14 bits per heavy atom. The van der Waals surface area contributed by atoms with E-state index in [4.69, 9.17) is 9.47 Å². The Morgan fingerprint density at radius 2 is 1.91 bits per heavy atom. The average molecular weight is 302 g/mol. The number of nitro benzene ring substituents is 1. The summed E-state index contributed by atoms with van der Waals surface area (Å²) in [5.74, 6) is 1.50. The third kappa shape index (κ3) is 4.75. The molecule has 0 radical (unpaired) electrons. The molecule has 0 aromatic heterocycles. The molecule has 0 fully saturated rings. The molecule has 0 spiro atoms. The summed E-state index contributed by atoms with van der Waals surface area (Å²) in [4.78, 5) is 10.3. The Morgan fingerprint density at radius 3 is 2.68 bits per heavy atom. The van der Waals surface area contributed by atoms with Gasteiger partial charge < -0.3 is 14.8 Å². The molecule has 2 aromatic carbocycles. The number of ether oxygens (including phenoxy) is 2. The van der Waals surface area contributed by atoms with E-state index in [1.54, 1.807) is 19.2 Å². The summed E-state index contributed by atoms with van der Waals surface area (Å²) in [6, 6.07) is 14.0. The van der Waals surface area contributed by atoms with Crippen LogP contribution in [0.4, 0.5) is 5.69 Å². The summed E-state index contributed by atoms with van der Waals surface area (Å²) in [5, 5.41) is 13.9.